The molecule has 0 spiro atoms. The minimum atomic E-state index is -0.437. The molecule has 0 bridgehead atoms. The summed E-state index contributed by atoms with van der Waals surface area (Å²) in [5.41, 5.74) is 3.70. The first-order valence-corrected chi connectivity index (χ1v) is 14.1. The fourth-order valence-electron chi connectivity index (χ4n) is 5.67. The van der Waals surface area contributed by atoms with Gasteiger partial charge in [-0.15, -0.1) is 0 Å². The molecule has 1 N–H and O–H groups in total. The van der Waals surface area contributed by atoms with Crippen LogP contribution in [-0.2, 0) is 22.4 Å². The van der Waals surface area contributed by atoms with E-state index in [1.165, 1.54) is 0 Å². The van der Waals surface area contributed by atoms with Crippen LogP contribution in [0.25, 0.3) is 17.1 Å². The fraction of sp³-hybridized carbons (Fsp3) is 0.452. The maximum atomic E-state index is 14.1. The summed E-state index contributed by atoms with van der Waals surface area (Å²) in [4.78, 5) is 29.5. The summed E-state index contributed by atoms with van der Waals surface area (Å²) in [6.45, 7) is 10.2. The van der Waals surface area contributed by atoms with E-state index in [2.05, 4.69) is 4.57 Å². The Morgan fingerprint density at radius 3 is 2.60 bits per heavy atom. The first-order valence-electron chi connectivity index (χ1n) is 14.1. The number of rotatable bonds is 5. The Labute approximate surface area is 244 Å². The van der Waals surface area contributed by atoms with Crippen LogP contribution < -0.4 is 18.9 Å². The van der Waals surface area contributed by atoms with Crippen molar-refractivity contribution in [2.75, 3.05) is 40.1 Å². The highest BCUT2D eigenvalue weighted by atomic mass is 16.6. The van der Waals surface area contributed by atoms with Gasteiger partial charge < -0.3 is 33.7 Å². The van der Waals surface area contributed by atoms with Gasteiger partial charge >= 0.3 is 0 Å². The first-order chi connectivity index (χ1) is 20.2. The van der Waals surface area contributed by atoms with Crippen LogP contribution in [0.1, 0.15) is 49.4 Å². The monoisotopic (exact) mass is 579 g/mol. The molecule has 4 heterocycles. The number of nitrogens with zero attached hydrogens (tertiary/aromatic N) is 3. The first kappa shape index (κ1) is 29.2. The molecule has 0 radical (unpaired) electrons. The molecule has 11 heteroatoms. The number of para-hydroxylation sites is 1. The Kier molecular flexibility index (Phi) is 8.31. The van der Waals surface area contributed by atoms with E-state index in [0.717, 1.165) is 28.9 Å². The number of hydrogen-bond donors (Lipinski definition) is 1. The summed E-state index contributed by atoms with van der Waals surface area (Å²) in [5, 5.41) is 6.89. The summed E-state index contributed by atoms with van der Waals surface area (Å²) in [6.07, 6.45) is 1.37. The highest BCUT2D eigenvalue weighted by Crippen LogP contribution is 2.44. The van der Waals surface area contributed by atoms with E-state index < -0.39 is 5.54 Å². The Balaban J connectivity index is 0.00000113. The SMILES string of the molecule is COc1cc2c(cc1OC(C)C)-n1c(-c3cccc4c3OCCO4)nc(C(=O)N3CCOCC3(C)C)c1CC2.O=CO. The van der Waals surface area contributed by atoms with E-state index >= 15 is 0 Å². The summed E-state index contributed by atoms with van der Waals surface area (Å²) >= 11 is 0. The van der Waals surface area contributed by atoms with E-state index in [0.29, 0.717) is 73.9 Å². The molecule has 3 aliphatic rings. The van der Waals surface area contributed by atoms with Gasteiger partial charge in [-0.3, -0.25) is 14.2 Å². The zero-order valence-corrected chi connectivity index (χ0v) is 24.6. The minimum absolute atomic E-state index is 0.0327. The van der Waals surface area contributed by atoms with Crippen molar-refractivity contribution >= 4 is 12.4 Å². The number of carbonyl (C=O) groups is 2. The normalized spacial score (nSPS) is 16.5. The van der Waals surface area contributed by atoms with Crippen molar-refractivity contribution in [3.63, 3.8) is 0 Å². The Hall–Kier alpha value is -4.25. The molecule has 1 fully saturated rings. The lowest BCUT2D eigenvalue weighted by Crippen LogP contribution is -2.55. The lowest BCUT2D eigenvalue weighted by Gasteiger charge is -2.41. The Morgan fingerprint density at radius 1 is 1.12 bits per heavy atom. The van der Waals surface area contributed by atoms with E-state index in [9.17, 15) is 4.79 Å². The number of imidazole rings is 1. The van der Waals surface area contributed by atoms with Crippen LogP contribution >= 0.6 is 0 Å². The molecule has 1 aromatic heterocycles. The van der Waals surface area contributed by atoms with Crippen LogP contribution in [0.15, 0.2) is 30.3 Å². The zero-order chi connectivity index (χ0) is 30.0. The van der Waals surface area contributed by atoms with E-state index in [-0.39, 0.29) is 18.5 Å². The number of carbonyl (C=O) groups excluding carboxylic acids is 1. The number of methoxy groups -OCH3 is 1. The third kappa shape index (κ3) is 5.36. The van der Waals surface area contributed by atoms with Crippen LogP contribution in [0.4, 0.5) is 0 Å². The van der Waals surface area contributed by atoms with Crippen molar-refractivity contribution in [1.29, 1.82) is 0 Å². The lowest BCUT2D eigenvalue weighted by atomic mass is 9.98. The fourth-order valence-corrected chi connectivity index (χ4v) is 5.67. The smallest absolute Gasteiger partial charge is 0.290 e. The Bertz CT molecular complexity index is 1480. The predicted octanol–water partition coefficient (Wildman–Crippen LogP) is 4.16. The molecule has 11 nitrogen and oxygen atoms in total. The van der Waals surface area contributed by atoms with Crippen LogP contribution in [0.5, 0.6) is 23.0 Å². The van der Waals surface area contributed by atoms with Crippen LogP contribution in [0, 0.1) is 0 Å². The number of fused-ring (bicyclic) bond motifs is 4. The molecule has 42 heavy (non-hydrogen) atoms. The van der Waals surface area contributed by atoms with Crippen molar-refractivity contribution in [1.82, 2.24) is 14.5 Å². The second-order valence-corrected chi connectivity index (χ2v) is 11.1. The molecule has 224 valence electrons. The topological polar surface area (TPSA) is 122 Å². The number of ether oxygens (including phenoxy) is 5. The molecule has 1 saturated heterocycles. The molecule has 0 unspecified atom stereocenters. The van der Waals surface area contributed by atoms with Crippen LogP contribution in [-0.4, -0.2) is 83.7 Å². The molecule has 6 rings (SSSR count). The summed E-state index contributed by atoms with van der Waals surface area (Å²) in [5.74, 6) is 3.21. The van der Waals surface area contributed by atoms with Crippen molar-refractivity contribution in [2.45, 2.75) is 52.2 Å². The summed E-state index contributed by atoms with van der Waals surface area (Å²) in [6, 6.07) is 9.84. The highest BCUT2D eigenvalue weighted by molar-refractivity contribution is 5.95. The molecular weight excluding hydrogens is 542 g/mol. The Morgan fingerprint density at radius 2 is 1.88 bits per heavy atom. The van der Waals surface area contributed by atoms with Crippen molar-refractivity contribution in [2.24, 2.45) is 0 Å². The van der Waals surface area contributed by atoms with Gasteiger partial charge in [0, 0.05) is 12.6 Å². The van der Waals surface area contributed by atoms with Gasteiger partial charge in [-0.25, -0.2) is 4.98 Å². The molecule has 3 aromatic rings. The predicted molar refractivity (Wildman–Crippen MR) is 154 cm³/mol. The lowest BCUT2D eigenvalue weighted by molar-refractivity contribution is -0.122. The number of morpholine rings is 1. The molecule has 3 aliphatic heterocycles. The maximum Gasteiger partial charge on any atom is 0.290 e. The molecule has 0 saturated carbocycles. The number of hydrogen-bond acceptors (Lipinski definition) is 8. The van der Waals surface area contributed by atoms with E-state index in [1.807, 2.05) is 62.9 Å². The largest absolute Gasteiger partial charge is 0.493 e. The number of carboxylic acid groups (broad SMARTS) is 1. The van der Waals surface area contributed by atoms with Gasteiger partial charge in [0.1, 0.15) is 19.0 Å². The third-order valence-electron chi connectivity index (χ3n) is 7.47. The number of aromatic nitrogens is 2. The highest BCUT2D eigenvalue weighted by Gasteiger charge is 2.39. The molecule has 2 aromatic carbocycles. The number of amides is 1. The average molecular weight is 580 g/mol. The summed E-state index contributed by atoms with van der Waals surface area (Å²) < 4.78 is 31.6. The standard InChI is InChI=1S/C30H35N3O6.CH2O2/c1-18(2)39-25-16-22-19(15-24(25)35-5)9-10-21-26(29(34)32-11-12-36-17-30(32,3)4)31-28(33(21)22)20-7-6-8-23-27(20)38-14-13-37-23;2-1-3/h6-8,15-16,18H,9-14,17H2,1-5H3;1H,(H,2,3). The van der Waals surface area contributed by atoms with Crippen LogP contribution in [0.2, 0.25) is 0 Å². The van der Waals surface area contributed by atoms with Crippen molar-refractivity contribution < 1.29 is 38.4 Å². The summed E-state index contributed by atoms with van der Waals surface area (Å²) in [7, 11) is 1.65. The molecule has 1 amide bonds. The maximum absolute atomic E-state index is 14.1. The van der Waals surface area contributed by atoms with Gasteiger partial charge in [-0.2, -0.15) is 0 Å². The van der Waals surface area contributed by atoms with Gasteiger partial charge in [-0.1, -0.05) is 6.07 Å². The van der Waals surface area contributed by atoms with Gasteiger partial charge in [0.05, 0.1) is 48.9 Å². The van der Waals surface area contributed by atoms with Crippen molar-refractivity contribution in [3.05, 3.63) is 47.3 Å². The van der Waals surface area contributed by atoms with Crippen LogP contribution in [0.3, 0.4) is 0 Å². The van der Waals surface area contributed by atoms with E-state index in [1.54, 1.807) is 7.11 Å². The van der Waals surface area contributed by atoms with Gasteiger partial charge in [0.25, 0.3) is 12.4 Å². The van der Waals surface area contributed by atoms with E-state index in [4.69, 9.17) is 38.6 Å². The third-order valence-corrected chi connectivity index (χ3v) is 7.47. The number of benzene rings is 2. The van der Waals surface area contributed by atoms with Crippen molar-refractivity contribution in [3.8, 4) is 40.1 Å². The van der Waals surface area contributed by atoms with Gasteiger partial charge in [-0.05, 0) is 64.3 Å². The van der Waals surface area contributed by atoms with Gasteiger partial charge in [0.2, 0.25) is 0 Å². The zero-order valence-electron chi connectivity index (χ0n) is 24.6. The number of aryl methyl sites for hydroxylation is 1. The molecular formula is C31H37N3O8. The quantitative estimate of drug-likeness (QED) is 0.444. The second kappa shape index (κ2) is 11.9. The average Bonchev–Trinajstić information content (AvgIpc) is 3.36. The van der Waals surface area contributed by atoms with Gasteiger partial charge in [0.15, 0.2) is 28.7 Å². The molecule has 0 atom stereocenters. The minimum Gasteiger partial charge on any atom is -0.493 e. The second-order valence-electron chi connectivity index (χ2n) is 11.1. The molecule has 0 aliphatic carbocycles.